The first-order chi connectivity index (χ1) is 11.2. The minimum Gasteiger partial charge on any atom is -0.347 e. The molecule has 2 aromatic rings. The third-order valence-corrected chi connectivity index (χ3v) is 4.39. The highest BCUT2D eigenvalue weighted by Gasteiger charge is 2.16. The van der Waals surface area contributed by atoms with Crippen molar-refractivity contribution in [3.05, 3.63) is 30.6 Å². The normalized spacial score (nSPS) is 15.0. The van der Waals surface area contributed by atoms with Gasteiger partial charge in [-0.25, -0.2) is 4.98 Å². The average molecular weight is 314 g/mol. The molecule has 0 aliphatic heterocycles. The van der Waals surface area contributed by atoms with E-state index in [4.69, 9.17) is 0 Å². The van der Waals surface area contributed by atoms with Gasteiger partial charge in [0.15, 0.2) is 0 Å². The number of hydrogen-bond acceptors (Lipinski definition) is 3. The van der Waals surface area contributed by atoms with E-state index in [0.29, 0.717) is 18.3 Å². The molecule has 0 atom stereocenters. The van der Waals surface area contributed by atoms with Crippen LogP contribution in [0.2, 0.25) is 0 Å². The third-order valence-electron chi connectivity index (χ3n) is 4.39. The molecule has 0 aromatic carbocycles. The number of anilines is 1. The SMILES string of the molecule is O=C(CCC1CCCC1)NCC(=O)Nc1ncc2ccccn12. The van der Waals surface area contributed by atoms with Crippen molar-refractivity contribution >= 4 is 23.3 Å². The molecule has 3 rings (SSSR count). The van der Waals surface area contributed by atoms with Crippen molar-refractivity contribution in [1.82, 2.24) is 14.7 Å². The molecule has 6 heteroatoms. The zero-order chi connectivity index (χ0) is 16.1. The maximum absolute atomic E-state index is 11.9. The van der Waals surface area contributed by atoms with Gasteiger partial charge in [0.1, 0.15) is 0 Å². The van der Waals surface area contributed by atoms with Crippen LogP contribution in [-0.4, -0.2) is 27.7 Å². The second-order valence-corrected chi connectivity index (χ2v) is 6.09. The van der Waals surface area contributed by atoms with Crippen LogP contribution in [0.15, 0.2) is 30.6 Å². The number of hydrogen-bond donors (Lipinski definition) is 2. The molecule has 1 saturated carbocycles. The van der Waals surface area contributed by atoms with Crippen LogP contribution in [0.3, 0.4) is 0 Å². The summed E-state index contributed by atoms with van der Waals surface area (Å²) in [4.78, 5) is 27.9. The van der Waals surface area contributed by atoms with Gasteiger partial charge in [0.2, 0.25) is 17.8 Å². The Hall–Kier alpha value is -2.37. The van der Waals surface area contributed by atoms with Crippen molar-refractivity contribution in [2.75, 3.05) is 11.9 Å². The maximum atomic E-state index is 11.9. The molecule has 2 amide bonds. The van der Waals surface area contributed by atoms with Gasteiger partial charge in [0.05, 0.1) is 18.3 Å². The molecule has 2 heterocycles. The number of pyridine rings is 1. The van der Waals surface area contributed by atoms with E-state index in [9.17, 15) is 9.59 Å². The Morgan fingerprint density at radius 3 is 2.87 bits per heavy atom. The van der Waals surface area contributed by atoms with Crippen LogP contribution < -0.4 is 10.6 Å². The van der Waals surface area contributed by atoms with Gasteiger partial charge < -0.3 is 5.32 Å². The number of carbonyl (C=O) groups excluding carboxylic acids is 2. The van der Waals surface area contributed by atoms with E-state index in [0.717, 1.165) is 11.9 Å². The summed E-state index contributed by atoms with van der Waals surface area (Å²) in [6, 6.07) is 5.69. The molecular formula is C17H22N4O2. The molecule has 6 nitrogen and oxygen atoms in total. The van der Waals surface area contributed by atoms with E-state index in [-0.39, 0.29) is 18.4 Å². The first kappa shape index (κ1) is 15.5. The zero-order valence-corrected chi connectivity index (χ0v) is 13.1. The highest BCUT2D eigenvalue weighted by atomic mass is 16.2. The molecule has 1 aliphatic rings. The highest BCUT2D eigenvalue weighted by Crippen LogP contribution is 2.28. The molecule has 0 unspecified atom stereocenters. The molecule has 23 heavy (non-hydrogen) atoms. The van der Waals surface area contributed by atoms with Crippen LogP contribution in [0.1, 0.15) is 38.5 Å². The lowest BCUT2D eigenvalue weighted by Gasteiger charge is -2.09. The smallest absolute Gasteiger partial charge is 0.246 e. The summed E-state index contributed by atoms with van der Waals surface area (Å²) in [6.45, 7) is -0.0226. The third kappa shape index (κ3) is 4.09. The van der Waals surface area contributed by atoms with Crippen molar-refractivity contribution in [1.29, 1.82) is 0 Å². The minimum absolute atomic E-state index is 0.0226. The second-order valence-electron chi connectivity index (χ2n) is 6.09. The molecule has 2 aromatic heterocycles. The fraction of sp³-hybridized carbons (Fsp3) is 0.471. The van der Waals surface area contributed by atoms with Crippen LogP contribution in [0.5, 0.6) is 0 Å². The van der Waals surface area contributed by atoms with Gasteiger partial charge in [0.25, 0.3) is 0 Å². The molecular weight excluding hydrogens is 292 g/mol. The van der Waals surface area contributed by atoms with Crippen LogP contribution in [0.4, 0.5) is 5.95 Å². The summed E-state index contributed by atoms with van der Waals surface area (Å²) in [6.07, 6.45) is 10.00. The fourth-order valence-electron chi connectivity index (χ4n) is 3.11. The van der Waals surface area contributed by atoms with Gasteiger partial charge in [-0.2, -0.15) is 0 Å². The Labute approximate surface area is 135 Å². The largest absolute Gasteiger partial charge is 0.347 e. The summed E-state index contributed by atoms with van der Waals surface area (Å²) in [5, 5.41) is 5.39. The van der Waals surface area contributed by atoms with Crippen molar-refractivity contribution in [3.8, 4) is 0 Å². The van der Waals surface area contributed by atoms with Crippen molar-refractivity contribution in [2.24, 2.45) is 5.92 Å². The number of carbonyl (C=O) groups is 2. The quantitative estimate of drug-likeness (QED) is 0.859. The topological polar surface area (TPSA) is 75.5 Å². The van der Waals surface area contributed by atoms with E-state index < -0.39 is 0 Å². The van der Waals surface area contributed by atoms with Crippen LogP contribution in [0.25, 0.3) is 5.52 Å². The van der Waals surface area contributed by atoms with E-state index in [1.807, 2.05) is 24.4 Å². The van der Waals surface area contributed by atoms with Crippen LogP contribution in [0, 0.1) is 5.92 Å². The Morgan fingerprint density at radius 2 is 2.04 bits per heavy atom. The lowest BCUT2D eigenvalue weighted by atomic mass is 10.0. The number of fused-ring (bicyclic) bond motifs is 1. The van der Waals surface area contributed by atoms with Gasteiger partial charge in [-0.1, -0.05) is 31.7 Å². The summed E-state index contributed by atoms with van der Waals surface area (Å²) >= 11 is 0. The van der Waals surface area contributed by atoms with Crippen molar-refractivity contribution in [2.45, 2.75) is 38.5 Å². The Balaban J connectivity index is 1.43. The van der Waals surface area contributed by atoms with Crippen LogP contribution in [-0.2, 0) is 9.59 Å². The Bertz CT molecular complexity index is 689. The average Bonchev–Trinajstić information content (AvgIpc) is 3.21. The number of rotatable bonds is 6. The Morgan fingerprint density at radius 1 is 1.22 bits per heavy atom. The molecule has 0 bridgehead atoms. The monoisotopic (exact) mass is 314 g/mol. The minimum atomic E-state index is -0.268. The first-order valence-electron chi connectivity index (χ1n) is 8.21. The predicted octanol–water partition coefficient (Wildman–Crippen LogP) is 2.36. The number of imidazole rings is 1. The number of amides is 2. The summed E-state index contributed by atoms with van der Waals surface area (Å²) in [7, 11) is 0. The van der Waals surface area contributed by atoms with Gasteiger partial charge in [-0.05, 0) is 24.5 Å². The zero-order valence-electron chi connectivity index (χ0n) is 13.1. The predicted molar refractivity (Wildman–Crippen MR) is 88.0 cm³/mol. The van der Waals surface area contributed by atoms with E-state index in [1.54, 1.807) is 10.6 Å². The number of nitrogens with zero attached hydrogens (tertiary/aromatic N) is 2. The molecule has 122 valence electrons. The second kappa shape index (κ2) is 7.26. The molecule has 2 N–H and O–H groups in total. The van der Waals surface area contributed by atoms with E-state index >= 15 is 0 Å². The van der Waals surface area contributed by atoms with Gasteiger partial charge in [-0.3, -0.25) is 19.3 Å². The van der Waals surface area contributed by atoms with E-state index in [1.165, 1.54) is 25.7 Å². The lowest BCUT2D eigenvalue weighted by Crippen LogP contribution is -2.33. The van der Waals surface area contributed by atoms with Crippen molar-refractivity contribution < 1.29 is 9.59 Å². The standard InChI is InChI=1S/C17H22N4O2/c22-15(9-8-13-5-1-2-6-13)18-12-16(23)20-17-19-11-14-7-3-4-10-21(14)17/h3-4,7,10-11,13H,1-2,5-6,8-9,12H2,(H,18,22)(H,19,20,23). The van der Waals surface area contributed by atoms with Crippen LogP contribution >= 0.6 is 0 Å². The lowest BCUT2D eigenvalue weighted by molar-refractivity contribution is -0.124. The number of nitrogens with one attached hydrogen (secondary N) is 2. The highest BCUT2D eigenvalue weighted by molar-refractivity contribution is 5.93. The van der Waals surface area contributed by atoms with Crippen molar-refractivity contribution in [3.63, 3.8) is 0 Å². The maximum Gasteiger partial charge on any atom is 0.246 e. The molecule has 0 radical (unpaired) electrons. The molecule has 1 fully saturated rings. The van der Waals surface area contributed by atoms with Gasteiger partial charge in [-0.15, -0.1) is 0 Å². The Kier molecular flexibility index (Phi) is 4.90. The molecule has 1 aliphatic carbocycles. The van der Waals surface area contributed by atoms with Gasteiger partial charge >= 0.3 is 0 Å². The fourth-order valence-corrected chi connectivity index (χ4v) is 3.11. The summed E-state index contributed by atoms with van der Waals surface area (Å²) < 4.78 is 1.79. The van der Waals surface area contributed by atoms with Gasteiger partial charge in [0, 0.05) is 12.6 Å². The molecule has 0 spiro atoms. The number of aromatic nitrogens is 2. The summed E-state index contributed by atoms with van der Waals surface area (Å²) in [5.74, 6) is 0.826. The summed E-state index contributed by atoms with van der Waals surface area (Å²) in [5.41, 5.74) is 0.906. The van der Waals surface area contributed by atoms with E-state index in [2.05, 4.69) is 15.6 Å². The first-order valence-corrected chi connectivity index (χ1v) is 8.21. The molecule has 0 saturated heterocycles.